The summed E-state index contributed by atoms with van der Waals surface area (Å²) in [4.78, 5) is 36.0. The first-order chi connectivity index (χ1) is 15.8. The number of nitrogens with one attached hydrogen (secondary N) is 2. The Morgan fingerprint density at radius 2 is 1.61 bits per heavy atom. The van der Waals surface area contributed by atoms with Crippen molar-refractivity contribution < 1.29 is 32.3 Å². The summed E-state index contributed by atoms with van der Waals surface area (Å²) in [6.45, 7) is 3.34. The molecule has 11 heteroatoms. The number of hydrogen-bond donors (Lipinski definition) is 2. The monoisotopic (exact) mass is 475 g/mol. The first-order valence-electron chi connectivity index (χ1n) is 10.3. The number of morpholine rings is 1. The number of nitrogens with zero attached hydrogens (tertiary/aromatic N) is 1. The average Bonchev–Trinajstić information content (AvgIpc) is 2.84. The Bertz CT molecular complexity index is 1090. The van der Waals surface area contributed by atoms with Gasteiger partial charge in [-0.15, -0.1) is 0 Å². The smallest absolute Gasteiger partial charge is 0.338 e. The molecule has 3 rings (SSSR count). The van der Waals surface area contributed by atoms with Crippen molar-refractivity contribution in [1.82, 2.24) is 9.62 Å². The van der Waals surface area contributed by atoms with Crippen LogP contribution in [-0.4, -0.2) is 63.4 Å². The SMILES string of the molecule is CCOC(=O)c1ccc(NC(=O)C(=O)NCc2ccc(S(=O)(=O)N3CCOCC3)cc2)cc1. The van der Waals surface area contributed by atoms with Gasteiger partial charge in [0, 0.05) is 25.3 Å². The summed E-state index contributed by atoms with van der Waals surface area (Å²) in [5.74, 6) is -2.20. The Labute approximate surface area is 191 Å². The molecule has 1 saturated heterocycles. The summed E-state index contributed by atoms with van der Waals surface area (Å²) in [6, 6.07) is 12.1. The minimum atomic E-state index is -3.60. The van der Waals surface area contributed by atoms with Crippen molar-refractivity contribution in [2.24, 2.45) is 0 Å². The van der Waals surface area contributed by atoms with Gasteiger partial charge < -0.3 is 20.1 Å². The van der Waals surface area contributed by atoms with Crippen molar-refractivity contribution >= 4 is 33.5 Å². The van der Waals surface area contributed by atoms with E-state index in [2.05, 4.69) is 10.6 Å². The molecule has 0 atom stereocenters. The van der Waals surface area contributed by atoms with E-state index in [4.69, 9.17) is 9.47 Å². The van der Waals surface area contributed by atoms with E-state index in [1.165, 1.54) is 40.7 Å². The number of carbonyl (C=O) groups is 3. The molecule has 0 aliphatic carbocycles. The summed E-state index contributed by atoms with van der Waals surface area (Å²) >= 11 is 0. The molecular formula is C22H25N3O7S. The van der Waals surface area contributed by atoms with Gasteiger partial charge in [0.1, 0.15) is 0 Å². The van der Waals surface area contributed by atoms with Crippen LogP contribution in [0.1, 0.15) is 22.8 Å². The third-order valence-electron chi connectivity index (χ3n) is 4.84. The number of carbonyl (C=O) groups excluding carboxylic acids is 3. The lowest BCUT2D eigenvalue weighted by atomic mass is 10.2. The molecule has 0 bridgehead atoms. The number of esters is 1. The van der Waals surface area contributed by atoms with Gasteiger partial charge in [-0.25, -0.2) is 13.2 Å². The van der Waals surface area contributed by atoms with Gasteiger partial charge in [0.2, 0.25) is 10.0 Å². The van der Waals surface area contributed by atoms with Gasteiger partial charge in [0.25, 0.3) is 0 Å². The van der Waals surface area contributed by atoms with Crippen LogP contribution in [0.5, 0.6) is 0 Å². The third kappa shape index (κ3) is 6.37. The topological polar surface area (TPSA) is 131 Å². The van der Waals surface area contributed by atoms with Crippen molar-refractivity contribution in [2.75, 3.05) is 38.2 Å². The number of benzene rings is 2. The molecule has 1 heterocycles. The number of hydrogen-bond acceptors (Lipinski definition) is 7. The molecule has 33 heavy (non-hydrogen) atoms. The number of sulfonamides is 1. The second kappa shape index (κ2) is 11.0. The molecule has 176 valence electrons. The van der Waals surface area contributed by atoms with Crippen LogP contribution in [-0.2, 0) is 35.6 Å². The first kappa shape index (κ1) is 24.4. The quantitative estimate of drug-likeness (QED) is 0.453. The van der Waals surface area contributed by atoms with Crippen molar-refractivity contribution in [3.8, 4) is 0 Å². The normalized spacial score (nSPS) is 14.3. The van der Waals surface area contributed by atoms with E-state index in [0.29, 0.717) is 43.1 Å². The van der Waals surface area contributed by atoms with Gasteiger partial charge in [-0.05, 0) is 48.9 Å². The number of anilines is 1. The van der Waals surface area contributed by atoms with E-state index in [1.54, 1.807) is 19.1 Å². The highest BCUT2D eigenvalue weighted by molar-refractivity contribution is 7.89. The van der Waals surface area contributed by atoms with E-state index in [0.717, 1.165) is 0 Å². The van der Waals surface area contributed by atoms with Crippen LogP contribution >= 0.6 is 0 Å². The molecule has 10 nitrogen and oxygen atoms in total. The molecule has 2 amide bonds. The standard InChI is InChI=1S/C22H25N3O7S/c1-2-32-22(28)17-5-7-18(8-6-17)24-21(27)20(26)23-15-16-3-9-19(10-4-16)33(29,30)25-11-13-31-14-12-25/h3-10H,2,11-15H2,1H3,(H,23,26)(H,24,27). The lowest BCUT2D eigenvalue weighted by Crippen LogP contribution is -2.40. The van der Waals surface area contributed by atoms with Crippen molar-refractivity contribution in [3.63, 3.8) is 0 Å². The summed E-state index contributed by atoms with van der Waals surface area (Å²) < 4.78 is 36.7. The number of ether oxygens (including phenoxy) is 2. The summed E-state index contributed by atoms with van der Waals surface area (Å²) in [6.07, 6.45) is 0. The van der Waals surface area contributed by atoms with E-state index in [1.807, 2.05) is 0 Å². The minimum absolute atomic E-state index is 0.0476. The molecule has 0 spiro atoms. The molecule has 0 unspecified atom stereocenters. The number of rotatable bonds is 7. The van der Waals surface area contributed by atoms with Crippen LogP contribution in [0.4, 0.5) is 5.69 Å². The van der Waals surface area contributed by atoms with Gasteiger partial charge in [0.15, 0.2) is 0 Å². The predicted octanol–water partition coefficient (Wildman–Crippen LogP) is 1.14. The zero-order valence-corrected chi connectivity index (χ0v) is 18.9. The molecule has 2 aromatic carbocycles. The fourth-order valence-corrected chi connectivity index (χ4v) is 4.48. The summed E-state index contributed by atoms with van der Waals surface area (Å²) in [5.41, 5.74) is 1.31. The third-order valence-corrected chi connectivity index (χ3v) is 6.76. The maximum atomic E-state index is 12.6. The Morgan fingerprint density at radius 3 is 2.21 bits per heavy atom. The van der Waals surface area contributed by atoms with Gasteiger partial charge >= 0.3 is 17.8 Å². The second-order valence-electron chi connectivity index (χ2n) is 7.10. The Balaban J connectivity index is 1.51. The van der Waals surface area contributed by atoms with E-state index < -0.39 is 27.8 Å². The summed E-state index contributed by atoms with van der Waals surface area (Å²) in [5, 5.41) is 4.93. The maximum Gasteiger partial charge on any atom is 0.338 e. The predicted molar refractivity (Wildman–Crippen MR) is 119 cm³/mol. The molecular weight excluding hydrogens is 450 g/mol. The summed E-state index contributed by atoms with van der Waals surface area (Å²) in [7, 11) is -3.60. The van der Waals surface area contributed by atoms with Crippen molar-refractivity contribution in [1.29, 1.82) is 0 Å². The van der Waals surface area contributed by atoms with Crippen molar-refractivity contribution in [2.45, 2.75) is 18.4 Å². The molecule has 2 aromatic rings. The van der Waals surface area contributed by atoms with Crippen LogP contribution in [0, 0.1) is 0 Å². The molecule has 0 saturated carbocycles. The lowest BCUT2D eigenvalue weighted by Gasteiger charge is -2.26. The highest BCUT2D eigenvalue weighted by Gasteiger charge is 2.26. The molecule has 1 fully saturated rings. The van der Waals surface area contributed by atoms with Crippen LogP contribution in [0.15, 0.2) is 53.4 Å². The second-order valence-corrected chi connectivity index (χ2v) is 9.03. The van der Waals surface area contributed by atoms with E-state index >= 15 is 0 Å². The fraction of sp³-hybridized carbons (Fsp3) is 0.318. The minimum Gasteiger partial charge on any atom is -0.462 e. The molecule has 1 aliphatic rings. The largest absolute Gasteiger partial charge is 0.462 e. The Hall–Kier alpha value is -3.28. The Morgan fingerprint density at radius 1 is 0.970 bits per heavy atom. The van der Waals surface area contributed by atoms with Crippen molar-refractivity contribution in [3.05, 3.63) is 59.7 Å². The van der Waals surface area contributed by atoms with Gasteiger partial charge in [-0.2, -0.15) is 4.31 Å². The highest BCUT2D eigenvalue weighted by atomic mass is 32.2. The fourth-order valence-electron chi connectivity index (χ4n) is 3.07. The van der Waals surface area contributed by atoms with Gasteiger partial charge in [0.05, 0.1) is 30.3 Å². The zero-order chi connectivity index (χ0) is 23.8. The molecule has 1 aliphatic heterocycles. The van der Waals surface area contributed by atoms with Crippen LogP contribution in [0.3, 0.4) is 0 Å². The molecule has 0 radical (unpaired) electrons. The Kier molecular flexibility index (Phi) is 8.15. The molecule has 2 N–H and O–H groups in total. The van der Waals surface area contributed by atoms with Crippen LogP contribution in [0.25, 0.3) is 0 Å². The van der Waals surface area contributed by atoms with E-state index in [-0.39, 0.29) is 18.0 Å². The van der Waals surface area contributed by atoms with Crippen LogP contribution in [0.2, 0.25) is 0 Å². The van der Waals surface area contributed by atoms with E-state index in [9.17, 15) is 22.8 Å². The van der Waals surface area contributed by atoms with Crippen LogP contribution < -0.4 is 10.6 Å². The molecule has 0 aromatic heterocycles. The lowest BCUT2D eigenvalue weighted by molar-refractivity contribution is -0.136. The average molecular weight is 476 g/mol. The zero-order valence-electron chi connectivity index (χ0n) is 18.1. The first-order valence-corrected chi connectivity index (χ1v) is 11.8. The maximum absolute atomic E-state index is 12.6. The number of amides is 2. The van der Waals surface area contributed by atoms with Gasteiger partial charge in [-0.3, -0.25) is 9.59 Å². The highest BCUT2D eigenvalue weighted by Crippen LogP contribution is 2.17. The van der Waals surface area contributed by atoms with Gasteiger partial charge in [-0.1, -0.05) is 12.1 Å².